The van der Waals surface area contributed by atoms with Gasteiger partial charge in [-0.15, -0.1) is 0 Å². The summed E-state index contributed by atoms with van der Waals surface area (Å²) in [7, 11) is 0. The normalized spacial score (nSPS) is 26.0. The highest BCUT2D eigenvalue weighted by atomic mass is 15.2. The first kappa shape index (κ1) is 11.9. The lowest BCUT2D eigenvalue weighted by Crippen LogP contribution is -2.43. The van der Waals surface area contributed by atoms with Crippen LogP contribution in [0.3, 0.4) is 0 Å². The van der Waals surface area contributed by atoms with Crippen molar-refractivity contribution < 1.29 is 0 Å². The Hall–Kier alpha value is -0.530. The van der Waals surface area contributed by atoms with Crippen molar-refractivity contribution in [1.29, 1.82) is 5.41 Å². The van der Waals surface area contributed by atoms with Crippen molar-refractivity contribution in [3.8, 4) is 0 Å². The van der Waals surface area contributed by atoms with Crippen molar-refractivity contribution in [3.05, 3.63) is 0 Å². The molecule has 0 aromatic carbocycles. The van der Waals surface area contributed by atoms with E-state index in [0.717, 1.165) is 18.9 Å². The molecule has 0 atom stereocenters. The van der Waals surface area contributed by atoms with E-state index in [1.54, 1.807) is 0 Å². The number of nitrogens with zero attached hydrogens (tertiary/aromatic N) is 1. The van der Waals surface area contributed by atoms with E-state index in [0.29, 0.717) is 11.3 Å². The molecule has 0 bridgehead atoms. The lowest BCUT2D eigenvalue weighted by Gasteiger charge is -2.41. The zero-order chi connectivity index (χ0) is 11.6. The molecule has 1 heterocycles. The first-order chi connectivity index (χ1) is 7.64. The summed E-state index contributed by atoms with van der Waals surface area (Å²) in [5, 5.41) is 8.29. The number of nitrogens with one attached hydrogen (secondary N) is 1. The van der Waals surface area contributed by atoms with E-state index in [2.05, 4.69) is 18.7 Å². The number of hydrogen-bond donors (Lipinski definition) is 1. The molecule has 1 saturated carbocycles. The van der Waals surface area contributed by atoms with E-state index in [4.69, 9.17) is 5.41 Å². The van der Waals surface area contributed by atoms with Gasteiger partial charge in [0, 0.05) is 19.0 Å². The minimum atomic E-state index is 0.548. The molecule has 1 N–H and O–H groups in total. The monoisotopic (exact) mass is 222 g/mol. The van der Waals surface area contributed by atoms with Crippen LogP contribution in [-0.2, 0) is 0 Å². The van der Waals surface area contributed by atoms with Crippen molar-refractivity contribution in [2.45, 2.75) is 58.8 Å². The molecule has 0 amide bonds. The van der Waals surface area contributed by atoms with Crippen LogP contribution in [0.4, 0.5) is 0 Å². The molecule has 1 aliphatic heterocycles. The molecule has 1 saturated heterocycles. The summed E-state index contributed by atoms with van der Waals surface area (Å²) in [5.74, 6) is 1.54. The molecule has 2 nitrogen and oxygen atoms in total. The molecule has 0 radical (unpaired) electrons. The largest absolute Gasteiger partial charge is 0.360 e. The summed E-state index contributed by atoms with van der Waals surface area (Å²) < 4.78 is 0. The Morgan fingerprint density at radius 1 is 1.25 bits per heavy atom. The molecule has 0 aromatic heterocycles. The minimum absolute atomic E-state index is 0.548. The van der Waals surface area contributed by atoms with Gasteiger partial charge in [0.1, 0.15) is 0 Å². The van der Waals surface area contributed by atoms with Gasteiger partial charge in [-0.3, -0.25) is 5.41 Å². The van der Waals surface area contributed by atoms with E-state index in [9.17, 15) is 0 Å². The molecule has 2 rings (SSSR count). The molecule has 0 unspecified atom stereocenters. The fourth-order valence-electron chi connectivity index (χ4n) is 3.10. The highest BCUT2D eigenvalue weighted by Gasteiger charge is 2.31. The topological polar surface area (TPSA) is 27.1 Å². The second-order valence-corrected chi connectivity index (χ2v) is 6.02. The lowest BCUT2D eigenvalue weighted by atomic mass is 9.78. The Morgan fingerprint density at radius 3 is 2.31 bits per heavy atom. The van der Waals surface area contributed by atoms with Crippen molar-refractivity contribution in [1.82, 2.24) is 4.90 Å². The average Bonchev–Trinajstić information content (AvgIpc) is 2.83. The highest BCUT2D eigenvalue weighted by Crippen LogP contribution is 2.35. The molecule has 2 heteroatoms. The Bertz CT molecular complexity index is 245. The van der Waals surface area contributed by atoms with E-state index in [1.165, 1.54) is 44.9 Å². The smallest absolute Gasteiger partial charge is 0.0989 e. The summed E-state index contributed by atoms with van der Waals surface area (Å²) in [5.41, 5.74) is 0.548. The van der Waals surface area contributed by atoms with Crippen molar-refractivity contribution in [2.24, 2.45) is 11.3 Å². The van der Waals surface area contributed by atoms with Crippen LogP contribution in [0.2, 0.25) is 0 Å². The van der Waals surface area contributed by atoms with Crippen LogP contribution in [-0.4, -0.2) is 23.8 Å². The summed E-state index contributed by atoms with van der Waals surface area (Å²) in [6, 6.07) is 0. The number of likely N-dealkylation sites (tertiary alicyclic amines) is 1. The Labute approximate surface area is 99.9 Å². The molecular weight excluding hydrogens is 196 g/mol. The Morgan fingerprint density at radius 2 is 1.81 bits per heavy atom. The number of amidine groups is 1. The van der Waals surface area contributed by atoms with Crippen molar-refractivity contribution in [2.75, 3.05) is 13.1 Å². The molecule has 2 fully saturated rings. The van der Waals surface area contributed by atoms with Gasteiger partial charge in [0.05, 0.1) is 5.84 Å². The lowest BCUT2D eigenvalue weighted by molar-refractivity contribution is 0.158. The first-order valence-electron chi connectivity index (χ1n) is 6.98. The van der Waals surface area contributed by atoms with E-state index < -0.39 is 0 Å². The molecule has 1 aliphatic carbocycles. The van der Waals surface area contributed by atoms with Crippen LogP contribution in [0.5, 0.6) is 0 Å². The van der Waals surface area contributed by atoms with E-state index in [-0.39, 0.29) is 0 Å². The third kappa shape index (κ3) is 2.41. The molecule has 16 heavy (non-hydrogen) atoms. The van der Waals surface area contributed by atoms with Crippen LogP contribution in [0.25, 0.3) is 0 Å². The van der Waals surface area contributed by atoms with Gasteiger partial charge >= 0.3 is 0 Å². The maximum absolute atomic E-state index is 8.29. The fourth-order valence-corrected chi connectivity index (χ4v) is 3.10. The van der Waals surface area contributed by atoms with Gasteiger partial charge in [0.15, 0.2) is 0 Å². The van der Waals surface area contributed by atoms with Gasteiger partial charge in [-0.2, -0.15) is 0 Å². The van der Waals surface area contributed by atoms with Crippen molar-refractivity contribution >= 4 is 5.84 Å². The van der Waals surface area contributed by atoms with Crippen LogP contribution >= 0.6 is 0 Å². The number of piperidine rings is 1. The molecule has 2 aliphatic rings. The maximum Gasteiger partial charge on any atom is 0.0989 e. The summed E-state index contributed by atoms with van der Waals surface area (Å²) in [6.45, 7) is 6.96. The van der Waals surface area contributed by atoms with E-state index >= 15 is 0 Å². The van der Waals surface area contributed by atoms with Gasteiger partial charge in [-0.25, -0.2) is 0 Å². The highest BCUT2D eigenvalue weighted by molar-refractivity contribution is 5.82. The van der Waals surface area contributed by atoms with Gasteiger partial charge < -0.3 is 4.90 Å². The number of hydrogen-bond acceptors (Lipinski definition) is 1. The van der Waals surface area contributed by atoms with E-state index in [1.807, 2.05) is 0 Å². The van der Waals surface area contributed by atoms with Gasteiger partial charge in [-0.05, 0) is 31.1 Å². The molecular formula is C14H26N2. The summed E-state index contributed by atoms with van der Waals surface area (Å²) in [4.78, 5) is 2.35. The Kier molecular flexibility index (Phi) is 3.56. The SMILES string of the molecule is CCC1(C)CCN(C(=N)C2CCCC2)CC1. The summed E-state index contributed by atoms with van der Waals surface area (Å²) >= 11 is 0. The van der Waals surface area contributed by atoms with Crippen molar-refractivity contribution in [3.63, 3.8) is 0 Å². The molecule has 92 valence electrons. The third-order valence-electron chi connectivity index (χ3n) is 4.91. The quantitative estimate of drug-likeness (QED) is 0.560. The maximum atomic E-state index is 8.29. The second-order valence-electron chi connectivity index (χ2n) is 6.02. The van der Waals surface area contributed by atoms with Gasteiger partial charge in [0.2, 0.25) is 0 Å². The standard InChI is InChI=1S/C14H26N2/c1-3-14(2)8-10-16(11-9-14)13(15)12-6-4-5-7-12/h12,15H,3-11H2,1-2H3. The zero-order valence-corrected chi connectivity index (χ0v) is 10.9. The predicted octanol–water partition coefficient (Wildman–Crippen LogP) is 3.67. The Balaban J connectivity index is 1.86. The van der Waals surface area contributed by atoms with Gasteiger partial charge in [-0.1, -0.05) is 33.1 Å². The first-order valence-corrected chi connectivity index (χ1v) is 6.98. The third-order valence-corrected chi connectivity index (χ3v) is 4.91. The van der Waals surface area contributed by atoms with Crippen LogP contribution in [0.15, 0.2) is 0 Å². The second kappa shape index (κ2) is 4.77. The van der Waals surface area contributed by atoms with Crippen LogP contribution < -0.4 is 0 Å². The minimum Gasteiger partial charge on any atom is -0.360 e. The molecule has 0 spiro atoms. The van der Waals surface area contributed by atoms with Gasteiger partial charge in [0.25, 0.3) is 0 Å². The number of rotatable bonds is 2. The van der Waals surface area contributed by atoms with Crippen LogP contribution in [0.1, 0.15) is 58.8 Å². The predicted molar refractivity (Wildman–Crippen MR) is 68.9 cm³/mol. The fraction of sp³-hybridized carbons (Fsp3) is 0.929. The van der Waals surface area contributed by atoms with Crippen LogP contribution in [0, 0.1) is 16.7 Å². The zero-order valence-electron chi connectivity index (χ0n) is 10.9. The summed E-state index contributed by atoms with van der Waals surface area (Å²) in [6.07, 6.45) is 9.05. The molecule has 0 aromatic rings. The average molecular weight is 222 g/mol.